The summed E-state index contributed by atoms with van der Waals surface area (Å²) in [5.41, 5.74) is 1.99. The van der Waals surface area contributed by atoms with Crippen molar-refractivity contribution in [3.63, 3.8) is 0 Å². The van der Waals surface area contributed by atoms with Crippen molar-refractivity contribution >= 4 is 50.9 Å². The Balaban J connectivity index is 2.04. The van der Waals surface area contributed by atoms with Gasteiger partial charge in [0.05, 0.1) is 23.4 Å². The van der Waals surface area contributed by atoms with Crippen LogP contribution in [0.5, 0.6) is 11.5 Å². The maximum absolute atomic E-state index is 13.1. The molecule has 1 aliphatic heterocycles. The van der Waals surface area contributed by atoms with Crippen molar-refractivity contribution in [1.82, 2.24) is 4.90 Å². The molecule has 146 valence electrons. The van der Waals surface area contributed by atoms with E-state index in [1.807, 2.05) is 56.3 Å². The monoisotopic (exact) mass is 460 g/mol. The second-order valence-corrected chi connectivity index (χ2v) is 7.25. The van der Waals surface area contributed by atoms with E-state index in [4.69, 9.17) is 21.7 Å². The van der Waals surface area contributed by atoms with E-state index in [0.29, 0.717) is 35.5 Å². The van der Waals surface area contributed by atoms with Gasteiger partial charge in [0.25, 0.3) is 5.91 Å². The first-order chi connectivity index (χ1) is 13.5. The van der Waals surface area contributed by atoms with Crippen LogP contribution in [0.15, 0.2) is 52.6 Å². The minimum Gasteiger partial charge on any atom is -0.493 e. The lowest BCUT2D eigenvalue weighted by molar-refractivity contribution is -0.114. The Kier molecular flexibility index (Phi) is 6.36. The Bertz CT molecular complexity index is 931. The summed E-state index contributed by atoms with van der Waals surface area (Å²) in [6.45, 7) is 4.89. The minimum absolute atomic E-state index is 0.175. The van der Waals surface area contributed by atoms with Crippen molar-refractivity contribution in [2.45, 2.75) is 13.8 Å². The Labute approximate surface area is 178 Å². The molecular weight excluding hydrogens is 440 g/mol. The van der Waals surface area contributed by atoms with Crippen LogP contribution in [0.4, 0.5) is 5.69 Å². The SMILES string of the molecule is CCOc1cc(OCC)c(/C=C2\C(=O)N(c3ccccc3)C(=S)N2C)cc1Br. The number of nitrogens with zero attached hydrogens (tertiary/aromatic N) is 2. The smallest absolute Gasteiger partial charge is 0.281 e. The van der Waals surface area contributed by atoms with Crippen LogP contribution in [0.2, 0.25) is 0 Å². The molecule has 0 radical (unpaired) electrons. The van der Waals surface area contributed by atoms with Crippen molar-refractivity contribution in [3.8, 4) is 11.5 Å². The van der Waals surface area contributed by atoms with Gasteiger partial charge in [0, 0.05) is 18.7 Å². The fraction of sp³-hybridized carbons (Fsp3) is 0.238. The predicted molar refractivity (Wildman–Crippen MR) is 119 cm³/mol. The molecular formula is C21H21BrN2O3S. The Morgan fingerprint density at radius 2 is 1.71 bits per heavy atom. The summed E-state index contributed by atoms with van der Waals surface area (Å²) in [6.07, 6.45) is 1.79. The van der Waals surface area contributed by atoms with Gasteiger partial charge in [-0.15, -0.1) is 0 Å². The first-order valence-electron chi connectivity index (χ1n) is 8.96. The normalized spacial score (nSPS) is 15.5. The molecule has 1 saturated heterocycles. The summed E-state index contributed by atoms with van der Waals surface area (Å²) in [5, 5.41) is 0.436. The molecule has 28 heavy (non-hydrogen) atoms. The molecule has 5 nitrogen and oxygen atoms in total. The summed E-state index contributed by atoms with van der Waals surface area (Å²) in [7, 11) is 1.79. The van der Waals surface area contributed by atoms with Gasteiger partial charge in [-0.2, -0.15) is 0 Å². The summed E-state index contributed by atoms with van der Waals surface area (Å²) < 4.78 is 12.2. The molecule has 0 aromatic heterocycles. The zero-order valence-electron chi connectivity index (χ0n) is 15.9. The lowest BCUT2D eigenvalue weighted by Gasteiger charge is -2.16. The van der Waals surface area contributed by atoms with Crippen LogP contribution in [-0.4, -0.2) is 36.2 Å². The van der Waals surface area contributed by atoms with E-state index >= 15 is 0 Å². The van der Waals surface area contributed by atoms with Crippen molar-refractivity contribution in [2.75, 3.05) is 25.2 Å². The van der Waals surface area contributed by atoms with Gasteiger partial charge in [-0.1, -0.05) is 18.2 Å². The lowest BCUT2D eigenvalue weighted by Crippen LogP contribution is -2.30. The maximum atomic E-state index is 13.1. The van der Waals surface area contributed by atoms with Gasteiger partial charge in [0.1, 0.15) is 17.2 Å². The fourth-order valence-corrected chi connectivity index (χ4v) is 3.68. The number of anilines is 1. The standard InChI is InChI=1S/C21H21BrN2O3S/c1-4-26-18-13-19(27-5-2)16(22)11-14(18)12-17-20(25)24(21(28)23(17)3)15-9-7-6-8-10-15/h6-13H,4-5H2,1-3H3/b17-12+. The van der Waals surface area contributed by atoms with E-state index in [9.17, 15) is 4.79 Å². The molecule has 0 spiro atoms. The Hall–Kier alpha value is -2.38. The van der Waals surface area contributed by atoms with Crippen LogP contribution in [0.1, 0.15) is 19.4 Å². The van der Waals surface area contributed by atoms with E-state index < -0.39 is 0 Å². The molecule has 0 bridgehead atoms. The quantitative estimate of drug-likeness (QED) is 0.455. The number of hydrogen-bond donors (Lipinski definition) is 0. The number of benzene rings is 2. The van der Waals surface area contributed by atoms with Gasteiger partial charge >= 0.3 is 0 Å². The Morgan fingerprint density at radius 3 is 2.36 bits per heavy atom. The third-order valence-electron chi connectivity index (χ3n) is 4.23. The number of carbonyl (C=O) groups is 1. The highest BCUT2D eigenvalue weighted by Gasteiger charge is 2.36. The minimum atomic E-state index is -0.175. The van der Waals surface area contributed by atoms with Crippen LogP contribution in [0.3, 0.4) is 0 Å². The van der Waals surface area contributed by atoms with Gasteiger partial charge in [0.15, 0.2) is 5.11 Å². The molecule has 0 N–H and O–H groups in total. The van der Waals surface area contributed by atoms with Gasteiger partial charge in [-0.05, 0) is 66.3 Å². The van der Waals surface area contributed by atoms with E-state index in [-0.39, 0.29) is 5.91 Å². The van der Waals surface area contributed by atoms with Crippen molar-refractivity contribution < 1.29 is 14.3 Å². The molecule has 1 heterocycles. The molecule has 2 aromatic rings. The van der Waals surface area contributed by atoms with Crippen LogP contribution < -0.4 is 14.4 Å². The van der Waals surface area contributed by atoms with Gasteiger partial charge < -0.3 is 14.4 Å². The van der Waals surface area contributed by atoms with Gasteiger partial charge in [-0.3, -0.25) is 9.69 Å². The third-order valence-corrected chi connectivity index (χ3v) is 5.31. The number of para-hydroxylation sites is 1. The predicted octanol–water partition coefficient (Wildman–Crippen LogP) is 4.85. The summed E-state index contributed by atoms with van der Waals surface area (Å²) >= 11 is 9.04. The number of halogens is 1. The summed E-state index contributed by atoms with van der Waals surface area (Å²) in [4.78, 5) is 16.4. The fourth-order valence-electron chi connectivity index (χ4n) is 2.92. The average Bonchev–Trinajstić information content (AvgIpc) is 2.89. The van der Waals surface area contributed by atoms with Crippen LogP contribution in [-0.2, 0) is 4.79 Å². The highest BCUT2D eigenvalue weighted by Crippen LogP contribution is 2.36. The lowest BCUT2D eigenvalue weighted by atomic mass is 10.1. The number of ether oxygens (including phenoxy) is 2. The zero-order valence-corrected chi connectivity index (χ0v) is 18.3. The Morgan fingerprint density at radius 1 is 1.07 bits per heavy atom. The highest BCUT2D eigenvalue weighted by atomic mass is 79.9. The summed E-state index contributed by atoms with van der Waals surface area (Å²) in [5.74, 6) is 1.17. The van der Waals surface area contributed by atoms with Crippen molar-refractivity contribution in [2.24, 2.45) is 0 Å². The van der Waals surface area contributed by atoms with Crippen LogP contribution in [0, 0.1) is 0 Å². The molecule has 0 atom stereocenters. The van der Waals surface area contributed by atoms with Gasteiger partial charge in [0.2, 0.25) is 0 Å². The van der Waals surface area contributed by atoms with Crippen LogP contribution in [0.25, 0.3) is 6.08 Å². The van der Waals surface area contributed by atoms with Crippen LogP contribution >= 0.6 is 28.1 Å². The second kappa shape index (κ2) is 8.75. The number of hydrogen-bond acceptors (Lipinski definition) is 4. The first kappa shape index (κ1) is 20.4. The van der Waals surface area contributed by atoms with E-state index in [1.54, 1.807) is 18.0 Å². The molecule has 0 aliphatic carbocycles. The third kappa shape index (κ3) is 3.91. The summed E-state index contributed by atoms with van der Waals surface area (Å²) in [6, 6.07) is 13.1. The molecule has 1 aliphatic rings. The first-order valence-corrected chi connectivity index (χ1v) is 10.2. The topological polar surface area (TPSA) is 42.0 Å². The number of amides is 1. The number of rotatable bonds is 6. The molecule has 0 saturated carbocycles. The number of likely N-dealkylation sites (N-methyl/N-ethyl adjacent to an activating group) is 1. The second-order valence-electron chi connectivity index (χ2n) is 6.03. The average molecular weight is 461 g/mol. The molecule has 7 heteroatoms. The number of thiocarbonyl (C=S) groups is 1. The molecule has 1 amide bonds. The number of carbonyl (C=O) groups excluding carboxylic acids is 1. The van der Waals surface area contributed by atoms with E-state index in [2.05, 4.69) is 15.9 Å². The zero-order chi connectivity index (χ0) is 20.3. The van der Waals surface area contributed by atoms with E-state index in [1.165, 1.54) is 4.90 Å². The van der Waals surface area contributed by atoms with Gasteiger partial charge in [-0.25, -0.2) is 0 Å². The molecule has 3 rings (SSSR count). The maximum Gasteiger partial charge on any atom is 0.281 e. The van der Waals surface area contributed by atoms with Crippen molar-refractivity contribution in [3.05, 3.63) is 58.2 Å². The van der Waals surface area contributed by atoms with Crippen molar-refractivity contribution in [1.29, 1.82) is 0 Å². The highest BCUT2D eigenvalue weighted by molar-refractivity contribution is 9.10. The molecule has 2 aromatic carbocycles. The largest absolute Gasteiger partial charge is 0.493 e. The van der Waals surface area contributed by atoms with E-state index in [0.717, 1.165) is 15.7 Å². The molecule has 0 unspecified atom stereocenters. The molecule has 1 fully saturated rings.